The summed E-state index contributed by atoms with van der Waals surface area (Å²) in [7, 11) is 0. The van der Waals surface area contributed by atoms with Crippen LogP contribution in [-0.4, -0.2) is 36.2 Å². The summed E-state index contributed by atoms with van der Waals surface area (Å²) in [5.74, 6) is 0.200. The first-order chi connectivity index (χ1) is 8.21. The fourth-order valence-electron chi connectivity index (χ4n) is 1.64. The van der Waals surface area contributed by atoms with Gasteiger partial charge in [-0.2, -0.15) is 0 Å². The predicted octanol–water partition coefficient (Wildman–Crippen LogP) is 2.04. The Morgan fingerprint density at radius 2 is 2.00 bits per heavy atom. The summed E-state index contributed by atoms with van der Waals surface area (Å²) >= 11 is 0. The minimum absolute atomic E-state index is 0.210. The van der Waals surface area contributed by atoms with Crippen LogP contribution < -0.4 is 4.74 Å². The molecule has 0 aromatic heterocycles. The van der Waals surface area contributed by atoms with Crippen LogP contribution in [0, 0.1) is 5.82 Å². The number of rotatable bonds is 7. The van der Waals surface area contributed by atoms with Crippen LogP contribution in [0.5, 0.6) is 5.75 Å². The van der Waals surface area contributed by atoms with Crippen LogP contribution in [0.2, 0.25) is 0 Å². The molecule has 1 aromatic rings. The largest absolute Gasteiger partial charge is 0.492 e. The van der Waals surface area contributed by atoms with Crippen LogP contribution in [0.4, 0.5) is 4.39 Å². The molecule has 0 heterocycles. The Hall–Kier alpha value is -1.13. The molecule has 0 aliphatic carbocycles. The van der Waals surface area contributed by atoms with E-state index < -0.39 is 0 Å². The Labute approximate surface area is 102 Å². The summed E-state index contributed by atoms with van der Waals surface area (Å²) in [6.07, 6.45) is 0. The van der Waals surface area contributed by atoms with E-state index in [9.17, 15) is 4.39 Å². The Kier molecular flexibility index (Phi) is 5.94. The van der Waals surface area contributed by atoms with Crippen molar-refractivity contribution in [3.63, 3.8) is 0 Å². The molecule has 4 heteroatoms. The van der Waals surface area contributed by atoms with Gasteiger partial charge in [0.25, 0.3) is 0 Å². The number of hydrogen-bond donors (Lipinski definition) is 1. The topological polar surface area (TPSA) is 32.7 Å². The van der Waals surface area contributed by atoms with Gasteiger partial charge in [-0.3, -0.25) is 0 Å². The summed E-state index contributed by atoms with van der Waals surface area (Å²) in [5.41, 5.74) is 0.490. The zero-order valence-electron chi connectivity index (χ0n) is 10.4. The fraction of sp³-hybridized carbons (Fsp3) is 0.538. The standard InChI is InChI=1S/C13H20FNO2/c1-3-15(4-2)7-8-17-13-6-5-12(14)9-11(13)10-16/h5-6,9,16H,3-4,7-8,10H2,1-2H3. The van der Waals surface area contributed by atoms with Gasteiger partial charge < -0.3 is 14.7 Å². The first-order valence-corrected chi connectivity index (χ1v) is 5.95. The van der Waals surface area contributed by atoms with Gasteiger partial charge >= 0.3 is 0 Å². The third-order valence-electron chi connectivity index (χ3n) is 2.75. The van der Waals surface area contributed by atoms with Gasteiger partial charge in [-0.05, 0) is 31.3 Å². The van der Waals surface area contributed by atoms with E-state index >= 15 is 0 Å². The van der Waals surface area contributed by atoms with E-state index in [1.165, 1.54) is 12.1 Å². The predicted molar refractivity (Wildman–Crippen MR) is 65.6 cm³/mol. The highest BCUT2D eigenvalue weighted by Gasteiger charge is 2.05. The van der Waals surface area contributed by atoms with E-state index in [0.717, 1.165) is 19.6 Å². The van der Waals surface area contributed by atoms with Crippen molar-refractivity contribution in [3.8, 4) is 5.75 Å². The minimum Gasteiger partial charge on any atom is -0.492 e. The zero-order valence-corrected chi connectivity index (χ0v) is 10.4. The molecule has 0 spiro atoms. The Morgan fingerprint density at radius 3 is 2.59 bits per heavy atom. The van der Waals surface area contributed by atoms with Crippen LogP contribution in [-0.2, 0) is 6.61 Å². The quantitative estimate of drug-likeness (QED) is 0.793. The van der Waals surface area contributed by atoms with Gasteiger partial charge in [0.2, 0.25) is 0 Å². The van der Waals surface area contributed by atoms with Crippen LogP contribution in [0.3, 0.4) is 0 Å². The average molecular weight is 241 g/mol. The summed E-state index contributed by atoms with van der Waals surface area (Å²) in [6.45, 7) is 7.32. The molecule has 1 rings (SSSR count). The van der Waals surface area contributed by atoms with Crippen LogP contribution >= 0.6 is 0 Å². The number of benzene rings is 1. The summed E-state index contributed by atoms with van der Waals surface area (Å²) in [6, 6.07) is 4.20. The van der Waals surface area contributed by atoms with Gasteiger partial charge in [-0.25, -0.2) is 4.39 Å². The van der Waals surface area contributed by atoms with E-state index in [1.54, 1.807) is 6.07 Å². The molecule has 0 fully saturated rings. The number of ether oxygens (including phenoxy) is 1. The van der Waals surface area contributed by atoms with Crippen molar-refractivity contribution in [2.24, 2.45) is 0 Å². The van der Waals surface area contributed by atoms with Crippen LogP contribution in [0.25, 0.3) is 0 Å². The van der Waals surface area contributed by atoms with Gasteiger partial charge in [0.1, 0.15) is 18.2 Å². The van der Waals surface area contributed by atoms with E-state index in [-0.39, 0.29) is 12.4 Å². The minimum atomic E-state index is -0.356. The molecule has 0 aliphatic heterocycles. The highest BCUT2D eigenvalue weighted by Crippen LogP contribution is 2.19. The molecule has 3 nitrogen and oxygen atoms in total. The zero-order chi connectivity index (χ0) is 12.7. The van der Waals surface area contributed by atoms with Crippen molar-refractivity contribution >= 4 is 0 Å². The average Bonchev–Trinajstić information content (AvgIpc) is 2.36. The second kappa shape index (κ2) is 7.25. The molecular formula is C13H20FNO2. The number of likely N-dealkylation sites (N-methyl/N-ethyl adjacent to an activating group) is 1. The molecule has 1 aromatic carbocycles. The molecule has 0 atom stereocenters. The molecule has 0 unspecified atom stereocenters. The van der Waals surface area contributed by atoms with Gasteiger partial charge in [0, 0.05) is 12.1 Å². The van der Waals surface area contributed by atoms with Crippen LogP contribution in [0.15, 0.2) is 18.2 Å². The van der Waals surface area contributed by atoms with E-state index in [0.29, 0.717) is 17.9 Å². The van der Waals surface area contributed by atoms with Gasteiger partial charge in [0.15, 0.2) is 0 Å². The molecule has 0 radical (unpaired) electrons. The smallest absolute Gasteiger partial charge is 0.125 e. The van der Waals surface area contributed by atoms with Gasteiger partial charge in [-0.15, -0.1) is 0 Å². The lowest BCUT2D eigenvalue weighted by molar-refractivity contribution is 0.215. The Balaban J connectivity index is 2.51. The lowest BCUT2D eigenvalue weighted by Crippen LogP contribution is -2.28. The first kappa shape index (κ1) is 13.9. The van der Waals surface area contributed by atoms with Crippen LogP contribution in [0.1, 0.15) is 19.4 Å². The molecular weight excluding hydrogens is 221 g/mol. The van der Waals surface area contributed by atoms with Crippen molar-refractivity contribution in [2.75, 3.05) is 26.2 Å². The lowest BCUT2D eigenvalue weighted by Gasteiger charge is -2.18. The number of aliphatic hydroxyl groups is 1. The molecule has 1 N–H and O–H groups in total. The maximum absolute atomic E-state index is 12.9. The monoisotopic (exact) mass is 241 g/mol. The molecule has 0 saturated carbocycles. The van der Waals surface area contributed by atoms with E-state index in [1.807, 2.05) is 0 Å². The number of nitrogens with zero attached hydrogens (tertiary/aromatic N) is 1. The Bertz CT molecular complexity index is 340. The summed E-state index contributed by atoms with van der Waals surface area (Å²) in [4.78, 5) is 2.24. The van der Waals surface area contributed by atoms with Crippen molar-refractivity contribution in [3.05, 3.63) is 29.6 Å². The molecule has 17 heavy (non-hydrogen) atoms. The first-order valence-electron chi connectivity index (χ1n) is 5.95. The second-order valence-electron chi connectivity index (χ2n) is 3.79. The number of aliphatic hydroxyl groups excluding tert-OH is 1. The summed E-state index contributed by atoms with van der Waals surface area (Å²) in [5, 5.41) is 9.09. The molecule has 0 saturated heterocycles. The molecule has 0 amide bonds. The van der Waals surface area contributed by atoms with Gasteiger partial charge in [0.05, 0.1) is 6.61 Å². The Morgan fingerprint density at radius 1 is 1.29 bits per heavy atom. The fourth-order valence-corrected chi connectivity index (χ4v) is 1.64. The molecule has 0 aliphatic rings. The lowest BCUT2D eigenvalue weighted by atomic mass is 10.2. The molecule has 96 valence electrons. The normalized spacial score (nSPS) is 10.9. The highest BCUT2D eigenvalue weighted by molar-refractivity contribution is 5.33. The SMILES string of the molecule is CCN(CC)CCOc1ccc(F)cc1CO. The second-order valence-corrected chi connectivity index (χ2v) is 3.79. The number of hydrogen-bond acceptors (Lipinski definition) is 3. The van der Waals surface area contributed by atoms with Gasteiger partial charge in [-0.1, -0.05) is 13.8 Å². The van der Waals surface area contributed by atoms with Crippen molar-refractivity contribution in [1.82, 2.24) is 4.90 Å². The number of halogens is 1. The van der Waals surface area contributed by atoms with E-state index in [2.05, 4.69) is 18.7 Å². The van der Waals surface area contributed by atoms with Crippen molar-refractivity contribution in [1.29, 1.82) is 0 Å². The maximum Gasteiger partial charge on any atom is 0.125 e. The maximum atomic E-state index is 12.9. The summed E-state index contributed by atoms with van der Waals surface area (Å²) < 4.78 is 18.5. The third-order valence-corrected chi connectivity index (χ3v) is 2.75. The third kappa shape index (κ3) is 4.32. The van der Waals surface area contributed by atoms with Crippen molar-refractivity contribution < 1.29 is 14.2 Å². The van der Waals surface area contributed by atoms with Crippen molar-refractivity contribution in [2.45, 2.75) is 20.5 Å². The highest BCUT2D eigenvalue weighted by atomic mass is 19.1. The van der Waals surface area contributed by atoms with E-state index in [4.69, 9.17) is 9.84 Å². The molecule has 0 bridgehead atoms.